The third kappa shape index (κ3) is 188. The molecule has 0 fully saturated rings. The van der Waals surface area contributed by atoms with E-state index in [1.165, 1.54) is 195 Å². The highest BCUT2D eigenvalue weighted by Gasteiger charge is 1.89. The molecule has 7 heteroatoms. The molecule has 0 spiro atoms. The fourth-order valence-electron chi connectivity index (χ4n) is 4.28. The Kier molecular flexibility index (Phi) is 139. The smallest absolute Gasteiger partial charge is 0.302 e. The quantitative estimate of drug-likeness (QED) is 0.0542. The van der Waals surface area contributed by atoms with Gasteiger partial charge in [0.1, 0.15) is 0 Å². The normalized spacial score (nSPS) is 8.75. The van der Waals surface area contributed by atoms with Crippen molar-refractivity contribution in [1.82, 2.24) is 4.90 Å². The zero-order valence-electron chi connectivity index (χ0n) is 46.6. The molecule has 0 saturated carbocycles. The number of carbonyl (C=O) groups is 3. The third-order valence-corrected chi connectivity index (χ3v) is 8.13. The van der Waals surface area contributed by atoms with E-state index in [4.69, 9.17) is 0 Å². The number of esters is 3. The molecule has 0 unspecified atom stereocenters. The van der Waals surface area contributed by atoms with Gasteiger partial charge in [-0.25, -0.2) is 0 Å². The molecule has 0 radical (unpaired) electrons. The van der Waals surface area contributed by atoms with Crippen LogP contribution in [0.5, 0.6) is 0 Å². The minimum absolute atomic E-state index is 0.211. The predicted molar refractivity (Wildman–Crippen MR) is 279 cm³/mol. The van der Waals surface area contributed by atoms with Gasteiger partial charge in [0.25, 0.3) is 0 Å². The number of unbranched alkanes of at least 4 members (excludes halogenated alkanes) is 18. The van der Waals surface area contributed by atoms with Gasteiger partial charge in [-0.3, -0.25) is 14.4 Å². The van der Waals surface area contributed by atoms with Gasteiger partial charge in [-0.2, -0.15) is 0 Å². The summed E-state index contributed by atoms with van der Waals surface area (Å²) in [6.07, 6.45) is 33.2. The standard InChI is InChI=1S/C6H15N.6C6H14.3C4H8O2/c1-4-7(5-2)6-3;6*1-3-5-6-4-2;3*1-3-6-4(2)5/h4-6H2,1-3H3;6*3-6H2,1-2H3;3*3H2,1-2H3. The van der Waals surface area contributed by atoms with Crippen LogP contribution in [0.4, 0.5) is 0 Å². The maximum atomic E-state index is 9.82. The van der Waals surface area contributed by atoms with Crippen LogP contribution in [-0.2, 0) is 28.6 Å². The summed E-state index contributed by atoms with van der Waals surface area (Å²) in [5.74, 6) is -0.632. The molecular formula is C54H123NO6. The highest BCUT2D eigenvalue weighted by molar-refractivity contribution is 5.66. The molecule has 0 amide bonds. The van der Waals surface area contributed by atoms with E-state index in [0.29, 0.717) is 19.8 Å². The number of nitrogens with zero attached hydrogens (tertiary/aromatic N) is 1. The monoisotopic (exact) mass is 882 g/mol. The minimum Gasteiger partial charge on any atom is -0.466 e. The molecule has 0 aliphatic rings. The lowest BCUT2D eigenvalue weighted by molar-refractivity contribution is -0.141. The molecule has 0 aliphatic carbocycles. The Bertz CT molecular complexity index is 511. The van der Waals surface area contributed by atoms with Crippen LogP contribution in [0.1, 0.15) is 299 Å². The topological polar surface area (TPSA) is 82.1 Å². The summed E-state index contributed by atoms with van der Waals surface area (Å²) < 4.78 is 13.2. The molecule has 0 aromatic carbocycles. The van der Waals surface area contributed by atoms with Crippen molar-refractivity contribution in [3.63, 3.8) is 0 Å². The number of ether oxygens (including phenoxy) is 3. The average Bonchev–Trinajstić information content (AvgIpc) is 3.24. The van der Waals surface area contributed by atoms with Crippen molar-refractivity contribution in [2.24, 2.45) is 0 Å². The van der Waals surface area contributed by atoms with Gasteiger partial charge in [0.05, 0.1) is 19.8 Å². The maximum Gasteiger partial charge on any atom is 0.302 e. The first-order valence-electron chi connectivity index (χ1n) is 26.3. The average molecular weight is 883 g/mol. The molecule has 0 saturated heterocycles. The van der Waals surface area contributed by atoms with E-state index in [9.17, 15) is 14.4 Å². The summed E-state index contributed by atoms with van der Waals surface area (Å²) >= 11 is 0. The Morgan fingerprint density at radius 2 is 0.377 bits per heavy atom. The van der Waals surface area contributed by atoms with Gasteiger partial charge in [0, 0.05) is 20.8 Å². The van der Waals surface area contributed by atoms with E-state index in [1.807, 2.05) is 0 Å². The van der Waals surface area contributed by atoms with Crippen molar-refractivity contribution in [2.45, 2.75) is 299 Å². The molecule has 0 rings (SSSR count). The SMILES string of the molecule is CCCCCC.CCCCCC.CCCCCC.CCCCCC.CCCCCC.CCCCCC.CCN(CC)CC.CCOC(C)=O.CCOC(C)=O.CCOC(C)=O. The van der Waals surface area contributed by atoms with Crippen molar-refractivity contribution < 1.29 is 28.6 Å². The van der Waals surface area contributed by atoms with E-state index < -0.39 is 0 Å². The molecule has 0 bridgehead atoms. The molecule has 0 N–H and O–H groups in total. The van der Waals surface area contributed by atoms with Crippen LogP contribution in [0.15, 0.2) is 0 Å². The second-order valence-corrected chi connectivity index (χ2v) is 14.6. The first-order valence-corrected chi connectivity index (χ1v) is 26.3. The summed E-state index contributed by atoms with van der Waals surface area (Å²) in [5.41, 5.74) is 0. The molecule has 0 atom stereocenters. The van der Waals surface area contributed by atoms with Crippen molar-refractivity contribution in [3.05, 3.63) is 0 Å². The van der Waals surface area contributed by atoms with E-state index in [2.05, 4.69) is 123 Å². The fraction of sp³-hybridized carbons (Fsp3) is 0.944. The Labute approximate surface area is 389 Å². The minimum atomic E-state index is -0.211. The largest absolute Gasteiger partial charge is 0.466 e. The molecule has 0 heterocycles. The van der Waals surface area contributed by atoms with E-state index in [0.717, 1.165) is 0 Å². The summed E-state index contributed by atoms with van der Waals surface area (Å²) in [5, 5.41) is 0. The van der Waals surface area contributed by atoms with E-state index in [-0.39, 0.29) is 17.9 Å². The maximum absolute atomic E-state index is 9.82. The van der Waals surface area contributed by atoms with Gasteiger partial charge in [-0.1, -0.05) is 258 Å². The number of hydrogen-bond donors (Lipinski definition) is 0. The second kappa shape index (κ2) is 102. The zero-order valence-corrected chi connectivity index (χ0v) is 46.6. The summed E-state index contributed by atoms with van der Waals surface area (Å²) in [4.78, 5) is 31.8. The molecule has 380 valence electrons. The summed E-state index contributed by atoms with van der Waals surface area (Å²) in [6, 6.07) is 0. The van der Waals surface area contributed by atoms with Crippen molar-refractivity contribution in [2.75, 3.05) is 39.5 Å². The van der Waals surface area contributed by atoms with Gasteiger partial charge in [-0.05, 0) is 40.4 Å². The molecular weight excluding hydrogens is 759 g/mol. The summed E-state index contributed by atoms with van der Waals surface area (Å²) in [7, 11) is 0. The lowest BCUT2D eigenvalue weighted by Gasteiger charge is -2.13. The van der Waals surface area contributed by atoms with Crippen LogP contribution in [0.3, 0.4) is 0 Å². The van der Waals surface area contributed by atoms with Crippen molar-refractivity contribution in [1.29, 1.82) is 0 Å². The van der Waals surface area contributed by atoms with Gasteiger partial charge >= 0.3 is 17.9 Å². The predicted octanol–water partition coefficient (Wildman–Crippen LogP) is 18.6. The Morgan fingerprint density at radius 1 is 0.262 bits per heavy atom. The first-order chi connectivity index (χ1) is 29.1. The van der Waals surface area contributed by atoms with Gasteiger partial charge in [0.15, 0.2) is 0 Å². The third-order valence-electron chi connectivity index (χ3n) is 8.13. The zero-order chi connectivity index (χ0) is 49.6. The van der Waals surface area contributed by atoms with Gasteiger partial charge in [-0.15, -0.1) is 0 Å². The lowest BCUT2D eigenvalue weighted by atomic mass is 10.2. The van der Waals surface area contributed by atoms with Gasteiger partial charge in [0.2, 0.25) is 0 Å². The van der Waals surface area contributed by atoms with E-state index in [1.54, 1.807) is 20.8 Å². The highest BCUT2D eigenvalue weighted by atomic mass is 16.5. The van der Waals surface area contributed by atoms with Crippen LogP contribution in [0.2, 0.25) is 0 Å². The Hall–Kier alpha value is -1.63. The molecule has 61 heavy (non-hydrogen) atoms. The summed E-state index contributed by atoms with van der Waals surface area (Å²) in [6.45, 7) is 47.9. The molecule has 0 aliphatic heterocycles. The molecule has 7 nitrogen and oxygen atoms in total. The van der Waals surface area contributed by atoms with E-state index >= 15 is 0 Å². The first kappa shape index (κ1) is 83.0. The van der Waals surface area contributed by atoms with Crippen LogP contribution < -0.4 is 0 Å². The Balaban J connectivity index is -0.0000000592. The van der Waals surface area contributed by atoms with Crippen molar-refractivity contribution in [3.8, 4) is 0 Å². The Morgan fingerprint density at radius 3 is 0.393 bits per heavy atom. The van der Waals surface area contributed by atoms with Crippen LogP contribution >= 0.6 is 0 Å². The number of hydrogen-bond acceptors (Lipinski definition) is 7. The second-order valence-electron chi connectivity index (χ2n) is 14.6. The van der Waals surface area contributed by atoms with Crippen molar-refractivity contribution >= 4 is 17.9 Å². The van der Waals surface area contributed by atoms with Crippen LogP contribution in [-0.4, -0.2) is 62.3 Å². The van der Waals surface area contributed by atoms with Crippen LogP contribution in [0, 0.1) is 0 Å². The molecule has 0 aromatic rings. The molecule has 0 aromatic heterocycles. The van der Waals surface area contributed by atoms with Gasteiger partial charge < -0.3 is 19.1 Å². The van der Waals surface area contributed by atoms with Crippen LogP contribution in [0.25, 0.3) is 0 Å². The lowest BCUT2D eigenvalue weighted by Crippen LogP contribution is -2.21. The highest BCUT2D eigenvalue weighted by Crippen LogP contribution is 1.98. The number of carbonyl (C=O) groups excluding carboxylic acids is 3. The fourth-order valence-corrected chi connectivity index (χ4v) is 4.28. The number of rotatable bonds is 24.